The maximum absolute atomic E-state index is 9.88. The van der Waals surface area contributed by atoms with Crippen LogP contribution in [0, 0.1) is 5.92 Å². The molecule has 0 aromatic carbocycles. The van der Waals surface area contributed by atoms with Crippen molar-refractivity contribution in [1.29, 1.82) is 0 Å². The first-order chi connectivity index (χ1) is 6.14. The average Bonchev–Trinajstić information content (AvgIpc) is 2.75. The molecular weight excluding hydrogens is 166 g/mol. The first-order valence-electron chi connectivity index (χ1n) is 5.27. The number of aliphatic hydroxyl groups is 2. The van der Waals surface area contributed by atoms with E-state index in [0.29, 0.717) is 5.92 Å². The van der Waals surface area contributed by atoms with Gasteiger partial charge >= 0.3 is 0 Å². The van der Waals surface area contributed by atoms with Gasteiger partial charge in [-0.25, -0.2) is 0 Å². The fourth-order valence-electron chi connectivity index (χ4n) is 2.32. The molecule has 3 atom stereocenters. The Hall–Kier alpha value is -0.120. The monoisotopic (exact) mass is 185 g/mol. The van der Waals surface area contributed by atoms with E-state index in [2.05, 4.69) is 4.90 Å². The second-order valence-electron chi connectivity index (χ2n) is 4.59. The molecule has 0 radical (unpaired) electrons. The number of likely N-dealkylation sites (tertiary alicyclic amines) is 1. The number of piperidine rings is 1. The second kappa shape index (κ2) is 3.23. The molecule has 0 aromatic heterocycles. The Bertz CT molecular complexity index is 197. The highest BCUT2D eigenvalue weighted by molar-refractivity contribution is 5.08. The van der Waals surface area contributed by atoms with Crippen LogP contribution in [0.15, 0.2) is 0 Å². The topological polar surface area (TPSA) is 43.7 Å². The van der Waals surface area contributed by atoms with Gasteiger partial charge in [-0.2, -0.15) is 0 Å². The van der Waals surface area contributed by atoms with Gasteiger partial charge in [0.2, 0.25) is 0 Å². The molecule has 2 N–H and O–H groups in total. The Morgan fingerprint density at radius 1 is 1.62 bits per heavy atom. The molecule has 2 rings (SSSR count). The van der Waals surface area contributed by atoms with E-state index in [1.807, 2.05) is 6.92 Å². The number of β-amino-alcohol motifs (C(OH)–C–C–N with tert-alkyl or cyclic N) is 2. The summed E-state index contributed by atoms with van der Waals surface area (Å²) in [4.78, 5) is 2.19. The van der Waals surface area contributed by atoms with Crippen molar-refractivity contribution in [3.63, 3.8) is 0 Å². The standard InChI is InChI=1S/C10H19NO2/c1-2-9(12)6-11-4-3-8-5-10(8,13)7-11/h8-9,12-13H,2-7H2,1H3/t8-,9-,10+/m1/s1. The van der Waals surface area contributed by atoms with Crippen molar-refractivity contribution in [2.45, 2.75) is 37.9 Å². The Balaban J connectivity index is 1.81. The fourth-order valence-corrected chi connectivity index (χ4v) is 2.32. The van der Waals surface area contributed by atoms with Gasteiger partial charge in [0, 0.05) is 13.1 Å². The van der Waals surface area contributed by atoms with E-state index >= 15 is 0 Å². The summed E-state index contributed by atoms with van der Waals surface area (Å²) in [6, 6.07) is 0. The van der Waals surface area contributed by atoms with Gasteiger partial charge in [0.25, 0.3) is 0 Å². The molecule has 13 heavy (non-hydrogen) atoms. The minimum Gasteiger partial charge on any atom is -0.392 e. The normalized spacial score (nSPS) is 41.3. The quantitative estimate of drug-likeness (QED) is 0.661. The summed E-state index contributed by atoms with van der Waals surface area (Å²) in [5.74, 6) is 0.558. The Kier molecular flexibility index (Phi) is 2.34. The first-order valence-corrected chi connectivity index (χ1v) is 5.27. The van der Waals surface area contributed by atoms with Crippen LogP contribution in [0.4, 0.5) is 0 Å². The maximum atomic E-state index is 9.88. The van der Waals surface area contributed by atoms with Crippen molar-refractivity contribution in [2.75, 3.05) is 19.6 Å². The highest BCUT2D eigenvalue weighted by atomic mass is 16.3. The molecular formula is C10H19NO2. The summed E-state index contributed by atoms with van der Waals surface area (Å²) >= 11 is 0. The molecule has 3 nitrogen and oxygen atoms in total. The third-order valence-electron chi connectivity index (χ3n) is 3.43. The molecule has 1 saturated heterocycles. The molecule has 1 aliphatic heterocycles. The third kappa shape index (κ3) is 1.87. The summed E-state index contributed by atoms with van der Waals surface area (Å²) < 4.78 is 0. The van der Waals surface area contributed by atoms with Crippen LogP contribution in [0.3, 0.4) is 0 Å². The molecule has 1 aliphatic carbocycles. The molecule has 0 bridgehead atoms. The molecule has 1 saturated carbocycles. The van der Waals surface area contributed by atoms with E-state index in [0.717, 1.165) is 38.9 Å². The molecule has 2 fully saturated rings. The lowest BCUT2D eigenvalue weighted by atomic mass is 10.1. The lowest BCUT2D eigenvalue weighted by molar-refractivity contribution is 0.0249. The van der Waals surface area contributed by atoms with E-state index in [9.17, 15) is 10.2 Å². The summed E-state index contributed by atoms with van der Waals surface area (Å²) in [6.45, 7) is 4.54. The van der Waals surface area contributed by atoms with Crippen molar-refractivity contribution in [2.24, 2.45) is 5.92 Å². The predicted molar refractivity (Wildman–Crippen MR) is 50.4 cm³/mol. The van der Waals surface area contributed by atoms with Gasteiger partial charge in [0.15, 0.2) is 0 Å². The van der Waals surface area contributed by atoms with Crippen LogP contribution in [-0.2, 0) is 0 Å². The minimum absolute atomic E-state index is 0.223. The van der Waals surface area contributed by atoms with E-state index in [4.69, 9.17) is 0 Å². The third-order valence-corrected chi connectivity index (χ3v) is 3.43. The van der Waals surface area contributed by atoms with Gasteiger partial charge in [-0.3, -0.25) is 4.90 Å². The van der Waals surface area contributed by atoms with Crippen molar-refractivity contribution >= 4 is 0 Å². The van der Waals surface area contributed by atoms with Crippen molar-refractivity contribution in [1.82, 2.24) is 4.90 Å². The van der Waals surface area contributed by atoms with Gasteiger partial charge in [0.1, 0.15) is 0 Å². The largest absolute Gasteiger partial charge is 0.392 e. The van der Waals surface area contributed by atoms with Gasteiger partial charge in [-0.1, -0.05) is 6.92 Å². The zero-order valence-electron chi connectivity index (χ0n) is 8.24. The summed E-state index contributed by atoms with van der Waals surface area (Å²) in [6.07, 6.45) is 2.66. The zero-order chi connectivity index (χ0) is 9.47. The molecule has 0 amide bonds. The van der Waals surface area contributed by atoms with Crippen LogP contribution in [0.25, 0.3) is 0 Å². The van der Waals surface area contributed by atoms with Crippen molar-refractivity contribution in [3.05, 3.63) is 0 Å². The minimum atomic E-state index is -0.383. The Morgan fingerprint density at radius 2 is 2.38 bits per heavy atom. The molecule has 3 heteroatoms. The van der Waals surface area contributed by atoms with Crippen LogP contribution in [0.1, 0.15) is 26.2 Å². The number of hydrogen-bond acceptors (Lipinski definition) is 3. The van der Waals surface area contributed by atoms with E-state index in [-0.39, 0.29) is 11.7 Å². The van der Waals surface area contributed by atoms with Crippen LogP contribution in [0.5, 0.6) is 0 Å². The van der Waals surface area contributed by atoms with Crippen LogP contribution in [-0.4, -0.2) is 46.5 Å². The van der Waals surface area contributed by atoms with Crippen LogP contribution in [0.2, 0.25) is 0 Å². The molecule has 76 valence electrons. The maximum Gasteiger partial charge on any atom is 0.0807 e. The number of rotatable bonds is 3. The Labute approximate surface area is 79.4 Å². The Morgan fingerprint density at radius 3 is 3.00 bits per heavy atom. The molecule has 1 heterocycles. The molecule has 0 aromatic rings. The lowest BCUT2D eigenvalue weighted by Gasteiger charge is -2.31. The first kappa shape index (κ1) is 9.44. The number of fused-ring (bicyclic) bond motifs is 1. The van der Waals surface area contributed by atoms with Crippen molar-refractivity contribution in [3.8, 4) is 0 Å². The molecule has 0 unspecified atom stereocenters. The zero-order valence-corrected chi connectivity index (χ0v) is 8.24. The second-order valence-corrected chi connectivity index (χ2v) is 4.59. The molecule has 2 aliphatic rings. The van der Waals surface area contributed by atoms with E-state index in [1.54, 1.807) is 0 Å². The fraction of sp³-hybridized carbons (Fsp3) is 1.00. The smallest absolute Gasteiger partial charge is 0.0807 e. The lowest BCUT2D eigenvalue weighted by Crippen LogP contribution is -2.43. The van der Waals surface area contributed by atoms with Gasteiger partial charge in [0.05, 0.1) is 11.7 Å². The van der Waals surface area contributed by atoms with Crippen LogP contribution >= 0.6 is 0 Å². The predicted octanol–water partition coefficient (Wildman–Crippen LogP) is 0.214. The molecule has 0 spiro atoms. The summed E-state index contributed by atoms with van der Waals surface area (Å²) in [5.41, 5.74) is -0.383. The highest BCUT2D eigenvalue weighted by Crippen LogP contribution is 2.48. The number of hydrogen-bond donors (Lipinski definition) is 2. The number of aliphatic hydroxyl groups excluding tert-OH is 1. The number of nitrogens with zero attached hydrogens (tertiary/aromatic N) is 1. The van der Waals surface area contributed by atoms with Gasteiger partial charge < -0.3 is 10.2 Å². The van der Waals surface area contributed by atoms with E-state index in [1.165, 1.54) is 0 Å². The summed E-state index contributed by atoms with van der Waals surface area (Å²) in [5, 5.41) is 19.4. The average molecular weight is 185 g/mol. The van der Waals surface area contributed by atoms with Gasteiger partial charge in [-0.15, -0.1) is 0 Å². The van der Waals surface area contributed by atoms with Gasteiger partial charge in [-0.05, 0) is 31.7 Å². The van der Waals surface area contributed by atoms with Crippen LogP contribution < -0.4 is 0 Å². The summed E-state index contributed by atoms with van der Waals surface area (Å²) in [7, 11) is 0. The van der Waals surface area contributed by atoms with E-state index < -0.39 is 0 Å². The SMILES string of the molecule is CC[C@@H](O)CN1CC[C@@H]2C[C@]2(O)C1. The van der Waals surface area contributed by atoms with Crippen molar-refractivity contribution < 1.29 is 10.2 Å². The highest BCUT2D eigenvalue weighted by Gasteiger charge is 2.55.